The molecular weight excluding hydrogens is 256 g/mol. The Labute approximate surface area is 118 Å². The summed E-state index contributed by atoms with van der Waals surface area (Å²) in [5.74, 6) is 1.79. The molecule has 20 heavy (non-hydrogen) atoms. The average Bonchev–Trinajstić information content (AvgIpc) is 3.16. The van der Waals surface area contributed by atoms with Crippen LogP contribution in [0.1, 0.15) is 50.2 Å². The molecule has 1 N–H and O–H groups in total. The highest BCUT2D eigenvalue weighted by Gasteiger charge is 2.32. The van der Waals surface area contributed by atoms with E-state index < -0.39 is 0 Å². The fourth-order valence-corrected chi connectivity index (χ4v) is 2.75. The van der Waals surface area contributed by atoms with E-state index in [9.17, 15) is 4.79 Å². The number of likely N-dealkylation sites (tertiary alicyclic amines) is 1. The molecule has 1 aliphatic carbocycles. The Morgan fingerprint density at radius 3 is 2.90 bits per heavy atom. The number of piperidine rings is 1. The van der Waals surface area contributed by atoms with Crippen LogP contribution >= 0.6 is 0 Å². The molecule has 2 aliphatic rings. The number of hydrogen-bond acceptors (Lipinski definition) is 5. The van der Waals surface area contributed by atoms with Gasteiger partial charge in [0.25, 0.3) is 0 Å². The molecule has 2 heterocycles. The van der Waals surface area contributed by atoms with Gasteiger partial charge in [-0.05, 0) is 46.1 Å². The van der Waals surface area contributed by atoms with E-state index in [1.807, 2.05) is 13.8 Å². The van der Waals surface area contributed by atoms with Crippen LogP contribution in [-0.2, 0) is 4.79 Å². The van der Waals surface area contributed by atoms with Gasteiger partial charge in [0.05, 0.1) is 12.0 Å². The maximum absolute atomic E-state index is 12.1. The Balaban J connectivity index is 1.60. The number of carbonyl (C=O) groups excluding carboxylic acids is 1. The van der Waals surface area contributed by atoms with Crippen molar-refractivity contribution in [2.75, 3.05) is 13.1 Å². The number of nitrogens with zero attached hydrogens (tertiary/aromatic N) is 3. The molecule has 1 aromatic heterocycles. The molecule has 6 nitrogen and oxygen atoms in total. The molecule has 1 aromatic rings. The highest BCUT2D eigenvalue weighted by Crippen LogP contribution is 2.27. The zero-order valence-corrected chi connectivity index (χ0v) is 12.1. The second-order valence-electron chi connectivity index (χ2n) is 5.97. The second-order valence-corrected chi connectivity index (χ2v) is 5.97. The summed E-state index contributed by atoms with van der Waals surface area (Å²) in [5.41, 5.74) is 0. The van der Waals surface area contributed by atoms with Crippen LogP contribution < -0.4 is 5.32 Å². The summed E-state index contributed by atoms with van der Waals surface area (Å²) in [5, 5.41) is 6.94. The molecule has 3 rings (SSSR count). The molecule has 2 fully saturated rings. The molecule has 2 atom stereocenters. The van der Waals surface area contributed by atoms with Gasteiger partial charge in [0, 0.05) is 12.6 Å². The maximum Gasteiger partial charge on any atom is 0.237 e. The largest absolute Gasteiger partial charge is 0.352 e. The lowest BCUT2D eigenvalue weighted by molar-refractivity contribution is -0.126. The first-order chi connectivity index (χ1) is 9.63. The molecule has 6 heteroatoms. The Bertz CT molecular complexity index is 483. The number of aryl methyl sites for hydroxylation is 1. The van der Waals surface area contributed by atoms with Crippen LogP contribution in [0.25, 0.3) is 0 Å². The molecule has 0 spiro atoms. The smallest absolute Gasteiger partial charge is 0.237 e. The molecule has 1 aliphatic heterocycles. The molecule has 0 radical (unpaired) electrons. The third-order valence-corrected chi connectivity index (χ3v) is 4.20. The fraction of sp³-hybridized carbons (Fsp3) is 0.786. The molecule has 110 valence electrons. The summed E-state index contributed by atoms with van der Waals surface area (Å²) in [6.45, 7) is 5.60. The monoisotopic (exact) mass is 278 g/mol. The van der Waals surface area contributed by atoms with E-state index in [4.69, 9.17) is 4.52 Å². The van der Waals surface area contributed by atoms with Crippen molar-refractivity contribution in [1.82, 2.24) is 20.4 Å². The first-order valence-corrected chi connectivity index (χ1v) is 7.48. The van der Waals surface area contributed by atoms with Gasteiger partial charge in [0.1, 0.15) is 0 Å². The van der Waals surface area contributed by atoms with Gasteiger partial charge in [0.2, 0.25) is 11.8 Å². The van der Waals surface area contributed by atoms with Crippen molar-refractivity contribution in [2.45, 2.75) is 57.5 Å². The summed E-state index contributed by atoms with van der Waals surface area (Å²) in [7, 11) is 0. The third-order valence-electron chi connectivity index (χ3n) is 4.20. The van der Waals surface area contributed by atoms with Crippen molar-refractivity contribution < 1.29 is 9.32 Å². The van der Waals surface area contributed by atoms with Gasteiger partial charge in [-0.1, -0.05) is 5.16 Å². The van der Waals surface area contributed by atoms with Gasteiger partial charge in [-0.3, -0.25) is 9.69 Å². The topological polar surface area (TPSA) is 71.3 Å². The number of carbonyl (C=O) groups is 1. The Kier molecular flexibility index (Phi) is 3.74. The molecule has 0 unspecified atom stereocenters. The maximum atomic E-state index is 12.1. The number of aromatic nitrogens is 2. The molecular formula is C14H22N4O2. The lowest BCUT2D eigenvalue weighted by atomic mass is 9.96. The van der Waals surface area contributed by atoms with Crippen LogP contribution in [0.5, 0.6) is 0 Å². The van der Waals surface area contributed by atoms with Gasteiger partial charge < -0.3 is 9.84 Å². The van der Waals surface area contributed by atoms with Gasteiger partial charge in [-0.25, -0.2) is 0 Å². The van der Waals surface area contributed by atoms with Crippen molar-refractivity contribution in [3.05, 3.63) is 11.7 Å². The van der Waals surface area contributed by atoms with Crippen LogP contribution in [0, 0.1) is 6.92 Å². The minimum absolute atomic E-state index is 0.0811. The second kappa shape index (κ2) is 5.52. The van der Waals surface area contributed by atoms with Gasteiger partial charge in [0.15, 0.2) is 5.82 Å². The first-order valence-electron chi connectivity index (χ1n) is 7.48. The molecule has 1 saturated heterocycles. The van der Waals surface area contributed by atoms with Crippen LogP contribution in [0.4, 0.5) is 0 Å². The lowest BCUT2D eigenvalue weighted by Crippen LogP contribution is -2.49. The van der Waals surface area contributed by atoms with Crippen molar-refractivity contribution in [3.63, 3.8) is 0 Å². The predicted molar refractivity (Wildman–Crippen MR) is 73.2 cm³/mol. The summed E-state index contributed by atoms with van der Waals surface area (Å²) in [4.78, 5) is 18.7. The minimum atomic E-state index is -0.0811. The zero-order chi connectivity index (χ0) is 14.1. The van der Waals surface area contributed by atoms with Gasteiger partial charge in [-0.15, -0.1) is 0 Å². The highest BCUT2D eigenvalue weighted by atomic mass is 16.5. The Morgan fingerprint density at radius 2 is 2.25 bits per heavy atom. The lowest BCUT2D eigenvalue weighted by Gasteiger charge is -2.34. The van der Waals surface area contributed by atoms with Crippen LogP contribution in [0.3, 0.4) is 0 Å². The van der Waals surface area contributed by atoms with Crippen LogP contribution in [-0.4, -0.2) is 46.1 Å². The van der Waals surface area contributed by atoms with Gasteiger partial charge in [-0.2, -0.15) is 4.98 Å². The van der Waals surface area contributed by atoms with Crippen molar-refractivity contribution in [1.29, 1.82) is 0 Å². The van der Waals surface area contributed by atoms with Crippen molar-refractivity contribution in [2.24, 2.45) is 0 Å². The fourth-order valence-electron chi connectivity index (χ4n) is 2.75. The highest BCUT2D eigenvalue weighted by molar-refractivity contribution is 5.81. The number of hydrogen-bond donors (Lipinski definition) is 1. The van der Waals surface area contributed by atoms with E-state index in [1.165, 1.54) is 0 Å². The first kappa shape index (κ1) is 13.5. The number of nitrogens with one attached hydrogen (secondary N) is 1. The summed E-state index contributed by atoms with van der Waals surface area (Å²) in [6, 6.07) is 0.339. The van der Waals surface area contributed by atoms with Crippen molar-refractivity contribution >= 4 is 5.91 Å². The quantitative estimate of drug-likeness (QED) is 0.896. The van der Waals surface area contributed by atoms with E-state index >= 15 is 0 Å². The van der Waals surface area contributed by atoms with E-state index in [0.717, 1.165) is 38.8 Å². The van der Waals surface area contributed by atoms with E-state index in [2.05, 4.69) is 20.4 Å². The number of rotatable bonds is 4. The predicted octanol–water partition coefficient (Wildman–Crippen LogP) is 1.22. The summed E-state index contributed by atoms with van der Waals surface area (Å²) < 4.78 is 5.28. The van der Waals surface area contributed by atoms with Crippen molar-refractivity contribution in [3.8, 4) is 0 Å². The van der Waals surface area contributed by atoms with E-state index in [1.54, 1.807) is 0 Å². The van der Waals surface area contributed by atoms with Crippen LogP contribution in [0.2, 0.25) is 0 Å². The average molecular weight is 278 g/mol. The van der Waals surface area contributed by atoms with E-state index in [-0.39, 0.29) is 17.9 Å². The summed E-state index contributed by atoms with van der Waals surface area (Å²) >= 11 is 0. The Morgan fingerprint density at radius 1 is 1.45 bits per heavy atom. The molecule has 0 aromatic carbocycles. The van der Waals surface area contributed by atoms with E-state index in [0.29, 0.717) is 17.8 Å². The molecule has 0 bridgehead atoms. The Hall–Kier alpha value is -1.43. The van der Waals surface area contributed by atoms with Gasteiger partial charge >= 0.3 is 0 Å². The third kappa shape index (κ3) is 3.00. The SMILES string of the molecule is Cc1noc([C@@H]2CCCN([C@H](C)C(=O)NC3CC3)C2)n1. The standard InChI is InChI=1S/C14H22N4O2/c1-9(13(19)16-12-5-6-12)18-7-3-4-11(8-18)14-15-10(2)17-20-14/h9,11-12H,3-8H2,1-2H3,(H,16,19)/t9-,11-/m1/s1. The summed E-state index contributed by atoms with van der Waals surface area (Å²) in [6.07, 6.45) is 4.37. The van der Waals surface area contributed by atoms with Crippen LogP contribution in [0.15, 0.2) is 4.52 Å². The number of amides is 1. The molecule has 1 saturated carbocycles. The normalized spacial score (nSPS) is 25.4. The zero-order valence-electron chi connectivity index (χ0n) is 12.1. The minimum Gasteiger partial charge on any atom is -0.352 e. The molecule has 1 amide bonds.